The number of benzene rings is 2. The van der Waals surface area contributed by atoms with Crippen LogP contribution in [0.3, 0.4) is 0 Å². The molecular weight excluding hydrogens is 386 g/mol. The lowest BCUT2D eigenvalue weighted by Crippen LogP contribution is -2.49. The Morgan fingerprint density at radius 3 is 2.13 bits per heavy atom. The summed E-state index contributed by atoms with van der Waals surface area (Å²) in [5.41, 5.74) is 1.64. The molecule has 0 fully saturated rings. The van der Waals surface area contributed by atoms with Crippen LogP contribution in [0.15, 0.2) is 48.5 Å². The quantitative estimate of drug-likeness (QED) is 0.530. The van der Waals surface area contributed by atoms with E-state index >= 15 is 0 Å². The van der Waals surface area contributed by atoms with E-state index in [1.165, 1.54) is 20.8 Å². The Morgan fingerprint density at radius 1 is 0.900 bits per heavy atom. The van der Waals surface area contributed by atoms with Crippen LogP contribution in [0.5, 0.6) is 5.75 Å². The second kappa shape index (κ2) is 10.3. The molecule has 2 aromatic carbocycles. The van der Waals surface area contributed by atoms with Crippen molar-refractivity contribution in [1.82, 2.24) is 5.32 Å². The molecule has 7 heteroatoms. The van der Waals surface area contributed by atoms with Crippen LogP contribution in [0.4, 0.5) is 0 Å². The number of nitrogens with one attached hydrogen (secondary N) is 1. The minimum absolute atomic E-state index is 0.276. The van der Waals surface area contributed by atoms with E-state index in [9.17, 15) is 19.2 Å². The first kappa shape index (κ1) is 22.8. The van der Waals surface area contributed by atoms with Gasteiger partial charge in [0.15, 0.2) is 11.9 Å². The van der Waals surface area contributed by atoms with Crippen LogP contribution >= 0.6 is 0 Å². The maximum absolute atomic E-state index is 13.0. The summed E-state index contributed by atoms with van der Waals surface area (Å²) in [6.07, 6.45) is -0.851. The zero-order chi connectivity index (χ0) is 22.3. The molecule has 0 bridgehead atoms. The van der Waals surface area contributed by atoms with Crippen molar-refractivity contribution < 1.29 is 28.7 Å². The number of carbonyl (C=O) groups is 4. The first-order chi connectivity index (χ1) is 14.2. The Balaban J connectivity index is 2.35. The average Bonchev–Trinajstić information content (AvgIpc) is 2.67. The molecule has 0 aromatic heterocycles. The summed E-state index contributed by atoms with van der Waals surface area (Å²) in [6, 6.07) is 13.3. The first-order valence-electron chi connectivity index (χ1n) is 9.49. The zero-order valence-electron chi connectivity index (χ0n) is 17.4. The minimum atomic E-state index is -1.14. The number of ketones is 1. The van der Waals surface area contributed by atoms with Crippen LogP contribution in [0.25, 0.3) is 0 Å². The van der Waals surface area contributed by atoms with E-state index in [2.05, 4.69) is 5.32 Å². The Bertz CT molecular complexity index is 938. The van der Waals surface area contributed by atoms with Crippen LogP contribution in [0.1, 0.15) is 42.3 Å². The zero-order valence-corrected chi connectivity index (χ0v) is 17.4. The van der Waals surface area contributed by atoms with E-state index in [1.807, 2.05) is 30.3 Å². The lowest BCUT2D eigenvalue weighted by molar-refractivity contribution is -0.154. The first-order valence-corrected chi connectivity index (χ1v) is 9.49. The molecular formula is C23H25NO6. The van der Waals surface area contributed by atoms with E-state index in [-0.39, 0.29) is 23.5 Å². The van der Waals surface area contributed by atoms with Gasteiger partial charge in [0.1, 0.15) is 5.75 Å². The maximum Gasteiger partial charge on any atom is 0.308 e. The maximum atomic E-state index is 13.0. The van der Waals surface area contributed by atoms with Crippen LogP contribution in [0, 0.1) is 6.92 Å². The third-order valence-corrected chi connectivity index (χ3v) is 4.46. The van der Waals surface area contributed by atoms with Gasteiger partial charge in [-0.3, -0.25) is 19.2 Å². The molecule has 1 amide bonds. The van der Waals surface area contributed by atoms with Gasteiger partial charge in [-0.15, -0.1) is 0 Å². The molecule has 158 valence electrons. The van der Waals surface area contributed by atoms with Gasteiger partial charge in [-0.05, 0) is 38.0 Å². The molecule has 2 rings (SSSR count). The minimum Gasteiger partial charge on any atom is -0.452 e. The number of hydrogen-bond donors (Lipinski definition) is 1. The van der Waals surface area contributed by atoms with Crippen LogP contribution < -0.4 is 10.1 Å². The normalized spacial score (nSPS) is 12.4. The van der Waals surface area contributed by atoms with E-state index in [4.69, 9.17) is 9.47 Å². The van der Waals surface area contributed by atoms with Crippen molar-refractivity contribution in [1.29, 1.82) is 0 Å². The van der Waals surface area contributed by atoms with Gasteiger partial charge in [-0.25, -0.2) is 0 Å². The fourth-order valence-corrected chi connectivity index (χ4v) is 3.10. The van der Waals surface area contributed by atoms with Gasteiger partial charge in [0, 0.05) is 25.0 Å². The fourth-order valence-electron chi connectivity index (χ4n) is 3.10. The number of esters is 2. The molecule has 1 N–H and O–H groups in total. The molecule has 0 aliphatic rings. The molecule has 0 spiro atoms. The standard InChI is InChI=1S/C23H25NO6/c1-14-19(11-8-12-21(14)29-16(3)26)23(28)24-20(13-18-9-6-5-7-10-18)22(15(2)25)30-17(4)27/h5-12,20,22H,13H2,1-4H3,(H,24,28)/t20-,22+/m0/s1. The number of ether oxygens (including phenoxy) is 2. The number of hydrogen-bond acceptors (Lipinski definition) is 6. The molecule has 0 heterocycles. The molecule has 2 atom stereocenters. The molecule has 0 aliphatic carbocycles. The second-order valence-electron chi connectivity index (χ2n) is 6.93. The summed E-state index contributed by atoms with van der Waals surface area (Å²) in [4.78, 5) is 48.0. The van der Waals surface area contributed by atoms with Gasteiger partial charge >= 0.3 is 11.9 Å². The molecule has 0 radical (unpaired) electrons. The summed E-state index contributed by atoms with van der Waals surface area (Å²) in [5.74, 6) is -1.69. The summed E-state index contributed by atoms with van der Waals surface area (Å²) >= 11 is 0. The Labute approximate surface area is 175 Å². The molecule has 2 aromatic rings. The van der Waals surface area contributed by atoms with E-state index < -0.39 is 30.0 Å². The monoisotopic (exact) mass is 411 g/mol. The number of amides is 1. The highest BCUT2D eigenvalue weighted by atomic mass is 16.5. The summed E-state index contributed by atoms with van der Waals surface area (Å²) in [6.45, 7) is 5.46. The lowest BCUT2D eigenvalue weighted by Gasteiger charge is -2.26. The van der Waals surface area contributed by atoms with Crippen molar-refractivity contribution >= 4 is 23.6 Å². The highest BCUT2D eigenvalue weighted by molar-refractivity contribution is 5.97. The molecule has 0 saturated carbocycles. The van der Waals surface area contributed by atoms with Crippen molar-refractivity contribution in [2.45, 2.75) is 46.3 Å². The molecule has 0 unspecified atom stereocenters. The largest absolute Gasteiger partial charge is 0.452 e. The van der Waals surface area contributed by atoms with Crippen molar-refractivity contribution in [2.24, 2.45) is 0 Å². The van der Waals surface area contributed by atoms with E-state index in [1.54, 1.807) is 25.1 Å². The van der Waals surface area contributed by atoms with Crippen LogP contribution in [0.2, 0.25) is 0 Å². The van der Waals surface area contributed by atoms with Crippen molar-refractivity contribution in [3.8, 4) is 5.75 Å². The second-order valence-corrected chi connectivity index (χ2v) is 6.93. The summed E-state index contributed by atoms with van der Waals surface area (Å²) in [7, 11) is 0. The third kappa shape index (κ3) is 6.27. The Morgan fingerprint density at radius 2 is 1.57 bits per heavy atom. The number of rotatable bonds is 8. The molecule has 7 nitrogen and oxygen atoms in total. The predicted octanol–water partition coefficient (Wildman–Crippen LogP) is 2.78. The van der Waals surface area contributed by atoms with Gasteiger partial charge in [0.2, 0.25) is 0 Å². The fraction of sp³-hybridized carbons (Fsp3) is 0.304. The smallest absolute Gasteiger partial charge is 0.308 e. The number of carbonyl (C=O) groups excluding carboxylic acids is 4. The topological polar surface area (TPSA) is 98.8 Å². The van der Waals surface area contributed by atoms with E-state index in [0.29, 0.717) is 5.56 Å². The average molecular weight is 411 g/mol. The Kier molecular flexibility index (Phi) is 7.86. The summed E-state index contributed by atoms with van der Waals surface area (Å²) < 4.78 is 10.3. The third-order valence-electron chi connectivity index (χ3n) is 4.46. The van der Waals surface area contributed by atoms with E-state index in [0.717, 1.165) is 5.56 Å². The van der Waals surface area contributed by atoms with Crippen LogP contribution in [-0.2, 0) is 25.5 Å². The highest BCUT2D eigenvalue weighted by Crippen LogP contribution is 2.22. The molecule has 0 aliphatic heterocycles. The van der Waals surface area contributed by atoms with Crippen LogP contribution in [-0.4, -0.2) is 35.8 Å². The molecule has 0 saturated heterocycles. The van der Waals surface area contributed by atoms with Gasteiger partial charge in [0.25, 0.3) is 5.91 Å². The van der Waals surface area contributed by atoms with Gasteiger partial charge < -0.3 is 14.8 Å². The lowest BCUT2D eigenvalue weighted by atomic mass is 9.97. The highest BCUT2D eigenvalue weighted by Gasteiger charge is 2.31. The predicted molar refractivity (Wildman–Crippen MR) is 110 cm³/mol. The Hall–Kier alpha value is -3.48. The van der Waals surface area contributed by atoms with Crippen molar-refractivity contribution in [3.05, 3.63) is 65.2 Å². The van der Waals surface area contributed by atoms with Gasteiger partial charge in [-0.1, -0.05) is 36.4 Å². The SMILES string of the molecule is CC(=O)Oc1cccc(C(=O)N[C@@H](Cc2ccccc2)[C@H](OC(C)=O)C(C)=O)c1C. The van der Waals surface area contributed by atoms with Gasteiger partial charge in [-0.2, -0.15) is 0 Å². The van der Waals surface area contributed by atoms with Gasteiger partial charge in [0.05, 0.1) is 6.04 Å². The van der Waals surface area contributed by atoms with Crippen molar-refractivity contribution in [3.63, 3.8) is 0 Å². The molecule has 30 heavy (non-hydrogen) atoms. The number of Topliss-reactive ketones (excluding diaryl/α,β-unsaturated/α-hetero) is 1. The van der Waals surface area contributed by atoms with Crippen molar-refractivity contribution in [2.75, 3.05) is 0 Å². The summed E-state index contributed by atoms with van der Waals surface area (Å²) in [5, 5.41) is 2.81.